The van der Waals surface area contributed by atoms with Gasteiger partial charge in [-0.1, -0.05) is 134 Å². The van der Waals surface area contributed by atoms with E-state index in [4.69, 9.17) is 0 Å². The minimum absolute atomic E-state index is 0.741. The molecule has 1 N–H and O–H groups in total. The van der Waals surface area contributed by atoms with Crippen molar-refractivity contribution >= 4 is 17.7 Å². The second-order valence-electron chi connectivity index (χ2n) is 8.86. The summed E-state index contributed by atoms with van der Waals surface area (Å²) in [5.74, 6) is 0.172. The summed E-state index contributed by atoms with van der Waals surface area (Å²) in [6, 6.07) is 9.63. The molecule has 1 aromatic carbocycles. The quantitative estimate of drug-likeness (QED) is 0.208. The van der Waals surface area contributed by atoms with Crippen molar-refractivity contribution in [2.24, 2.45) is 0 Å². The number of rotatable bonds is 20. The Morgan fingerprint density at radius 2 is 1.13 bits per heavy atom. The van der Waals surface area contributed by atoms with Gasteiger partial charge >= 0.3 is 5.97 Å². The summed E-state index contributed by atoms with van der Waals surface area (Å²) in [4.78, 5) is 11.8. The van der Waals surface area contributed by atoms with Crippen molar-refractivity contribution in [2.45, 2.75) is 121 Å². The summed E-state index contributed by atoms with van der Waals surface area (Å²) >= 11 is 1.57. The topological polar surface area (TPSA) is 37.3 Å². The van der Waals surface area contributed by atoms with Gasteiger partial charge in [0.15, 0.2) is 0 Å². The van der Waals surface area contributed by atoms with Gasteiger partial charge in [0.05, 0.1) is 0 Å². The Morgan fingerprint density at radius 1 is 0.733 bits per heavy atom. The third-order valence-corrected chi connectivity index (χ3v) is 7.60. The van der Waals surface area contributed by atoms with Gasteiger partial charge in [-0.2, -0.15) is 0 Å². The van der Waals surface area contributed by atoms with E-state index in [-0.39, 0.29) is 0 Å². The summed E-state index contributed by atoms with van der Waals surface area (Å²) in [6.45, 7) is 4.12. The van der Waals surface area contributed by atoms with Gasteiger partial charge in [-0.05, 0) is 24.7 Å². The first-order valence-corrected chi connectivity index (χ1v) is 13.5. The highest BCUT2D eigenvalue weighted by Crippen LogP contribution is 2.37. The molecule has 0 saturated carbocycles. The smallest absolute Gasteiger partial charge is 0.324 e. The van der Waals surface area contributed by atoms with E-state index in [9.17, 15) is 9.90 Å². The first-order chi connectivity index (χ1) is 14.6. The number of carbonyl (C=O) groups is 1. The lowest BCUT2D eigenvalue weighted by Gasteiger charge is -2.24. The van der Waals surface area contributed by atoms with Gasteiger partial charge in [0.1, 0.15) is 4.75 Å². The van der Waals surface area contributed by atoms with Crippen LogP contribution in [0.3, 0.4) is 0 Å². The van der Waals surface area contributed by atoms with Crippen LogP contribution in [-0.4, -0.2) is 16.8 Å². The Labute approximate surface area is 190 Å². The standard InChI is InChI=1S/C27H46O2S/c1-3-4-5-6-7-8-9-10-11-12-13-14-15-16-17-21-24-30-27(2,26(28)29)25-22-19-18-20-23-25/h18-20,22-23H,3-17,21,24H2,1-2H3,(H,28,29). The molecule has 0 fully saturated rings. The van der Waals surface area contributed by atoms with Gasteiger partial charge in [0.25, 0.3) is 0 Å². The second-order valence-corrected chi connectivity index (χ2v) is 10.4. The summed E-state index contributed by atoms with van der Waals surface area (Å²) in [5.41, 5.74) is 0.888. The number of thioether (sulfide) groups is 1. The van der Waals surface area contributed by atoms with Crippen LogP contribution in [-0.2, 0) is 9.54 Å². The largest absolute Gasteiger partial charge is 0.480 e. The molecule has 0 heterocycles. The highest BCUT2D eigenvalue weighted by Gasteiger charge is 2.35. The van der Waals surface area contributed by atoms with E-state index in [1.165, 1.54) is 96.3 Å². The van der Waals surface area contributed by atoms with Crippen molar-refractivity contribution in [1.82, 2.24) is 0 Å². The zero-order valence-corrected chi connectivity index (χ0v) is 20.5. The summed E-state index contributed by atoms with van der Waals surface area (Å²) in [5, 5.41) is 9.70. The van der Waals surface area contributed by atoms with Crippen molar-refractivity contribution in [1.29, 1.82) is 0 Å². The molecule has 0 aliphatic rings. The number of carboxylic acid groups (broad SMARTS) is 1. The minimum atomic E-state index is -0.837. The number of aliphatic carboxylic acids is 1. The average Bonchev–Trinajstić information content (AvgIpc) is 2.76. The second kappa shape index (κ2) is 17.7. The average molecular weight is 435 g/mol. The van der Waals surface area contributed by atoms with Crippen LogP contribution in [0.1, 0.15) is 122 Å². The number of hydrogen-bond acceptors (Lipinski definition) is 2. The zero-order valence-electron chi connectivity index (χ0n) is 19.7. The zero-order chi connectivity index (χ0) is 21.9. The summed E-state index contributed by atoms with van der Waals surface area (Å²) in [6.07, 6.45) is 21.9. The Bertz CT molecular complexity index is 531. The molecular formula is C27H46O2S. The van der Waals surface area contributed by atoms with Crippen LogP contribution in [0.2, 0.25) is 0 Å². The van der Waals surface area contributed by atoms with Crippen LogP contribution in [0.15, 0.2) is 30.3 Å². The van der Waals surface area contributed by atoms with E-state index >= 15 is 0 Å². The van der Waals surface area contributed by atoms with Crippen molar-refractivity contribution in [3.05, 3.63) is 35.9 Å². The van der Waals surface area contributed by atoms with Crippen LogP contribution in [0.5, 0.6) is 0 Å². The van der Waals surface area contributed by atoms with E-state index in [1.54, 1.807) is 11.8 Å². The fraction of sp³-hybridized carbons (Fsp3) is 0.741. The number of hydrogen-bond donors (Lipinski definition) is 1. The molecule has 3 heteroatoms. The normalized spacial score (nSPS) is 13.3. The molecule has 1 rings (SSSR count). The van der Waals surface area contributed by atoms with Crippen LogP contribution < -0.4 is 0 Å². The van der Waals surface area contributed by atoms with E-state index in [1.807, 2.05) is 37.3 Å². The van der Waals surface area contributed by atoms with Crippen molar-refractivity contribution < 1.29 is 9.90 Å². The predicted octanol–water partition coefficient (Wildman–Crippen LogP) is 8.98. The summed E-state index contributed by atoms with van der Waals surface area (Å²) < 4.78 is -0.837. The first-order valence-electron chi connectivity index (χ1n) is 12.5. The molecular weight excluding hydrogens is 388 g/mol. The van der Waals surface area contributed by atoms with E-state index in [2.05, 4.69) is 6.92 Å². The van der Waals surface area contributed by atoms with Gasteiger partial charge in [0.2, 0.25) is 0 Å². The lowest BCUT2D eigenvalue weighted by Crippen LogP contribution is -2.29. The predicted molar refractivity (Wildman–Crippen MR) is 133 cm³/mol. The van der Waals surface area contributed by atoms with Crippen molar-refractivity contribution in [3.8, 4) is 0 Å². The fourth-order valence-electron chi connectivity index (χ4n) is 3.95. The van der Waals surface area contributed by atoms with E-state index in [0.29, 0.717) is 0 Å². The highest BCUT2D eigenvalue weighted by molar-refractivity contribution is 8.00. The van der Waals surface area contributed by atoms with Gasteiger partial charge in [-0.3, -0.25) is 4.79 Å². The van der Waals surface area contributed by atoms with E-state index in [0.717, 1.165) is 17.7 Å². The Hall–Kier alpha value is -0.960. The third-order valence-electron chi connectivity index (χ3n) is 6.12. The van der Waals surface area contributed by atoms with Gasteiger partial charge in [-0.25, -0.2) is 0 Å². The van der Waals surface area contributed by atoms with Crippen LogP contribution in [0.25, 0.3) is 0 Å². The lowest BCUT2D eigenvalue weighted by molar-refractivity contribution is -0.139. The number of carboxylic acids is 1. The maximum Gasteiger partial charge on any atom is 0.324 e. The van der Waals surface area contributed by atoms with Crippen molar-refractivity contribution in [2.75, 3.05) is 5.75 Å². The molecule has 172 valence electrons. The molecule has 0 aliphatic heterocycles. The molecule has 0 amide bonds. The van der Waals surface area contributed by atoms with Gasteiger partial charge in [-0.15, -0.1) is 11.8 Å². The van der Waals surface area contributed by atoms with Crippen LogP contribution >= 0.6 is 11.8 Å². The number of unbranched alkanes of at least 4 members (excludes halogenated alkanes) is 15. The molecule has 0 bridgehead atoms. The van der Waals surface area contributed by atoms with Crippen LogP contribution in [0, 0.1) is 0 Å². The molecule has 0 spiro atoms. The molecule has 1 aromatic rings. The molecule has 2 nitrogen and oxygen atoms in total. The number of benzene rings is 1. The molecule has 30 heavy (non-hydrogen) atoms. The first kappa shape index (κ1) is 27.1. The fourth-order valence-corrected chi connectivity index (χ4v) is 5.13. The summed E-state index contributed by atoms with van der Waals surface area (Å²) in [7, 11) is 0. The van der Waals surface area contributed by atoms with Gasteiger partial charge in [0, 0.05) is 0 Å². The SMILES string of the molecule is CCCCCCCCCCCCCCCCCCSC(C)(C(=O)O)c1ccccc1. The molecule has 0 radical (unpaired) electrons. The molecule has 0 saturated heterocycles. The minimum Gasteiger partial charge on any atom is -0.480 e. The molecule has 1 unspecified atom stereocenters. The Morgan fingerprint density at radius 3 is 1.53 bits per heavy atom. The molecule has 0 aromatic heterocycles. The third kappa shape index (κ3) is 12.0. The van der Waals surface area contributed by atoms with Crippen molar-refractivity contribution in [3.63, 3.8) is 0 Å². The molecule has 0 aliphatic carbocycles. The highest BCUT2D eigenvalue weighted by atomic mass is 32.2. The van der Waals surface area contributed by atoms with Gasteiger partial charge < -0.3 is 5.11 Å². The van der Waals surface area contributed by atoms with E-state index < -0.39 is 10.7 Å². The Kier molecular flexibility index (Phi) is 16.0. The monoisotopic (exact) mass is 434 g/mol. The lowest BCUT2D eigenvalue weighted by atomic mass is 10.0. The molecule has 1 atom stereocenters. The maximum atomic E-state index is 11.8. The Balaban J connectivity index is 1.93. The van der Waals surface area contributed by atoms with Crippen LogP contribution in [0.4, 0.5) is 0 Å². The maximum absolute atomic E-state index is 11.8.